The standard InChI is InChI=1S/C15H16F3N3O2/c16-15(17,18)13-9-11(10-4-5-10)21(20-13)7-2-6-19-14(22)12-3-1-8-23-12/h1,3,8-10H,2,4-7H2,(H,19,22). The highest BCUT2D eigenvalue weighted by molar-refractivity contribution is 5.91. The van der Waals surface area contributed by atoms with E-state index in [-0.39, 0.29) is 17.6 Å². The number of carbonyl (C=O) groups is 1. The first-order chi connectivity index (χ1) is 10.9. The molecule has 1 saturated carbocycles. The Morgan fingerprint density at radius 1 is 1.43 bits per heavy atom. The van der Waals surface area contributed by atoms with Crippen LogP contribution in [0, 0.1) is 0 Å². The van der Waals surface area contributed by atoms with Crippen LogP contribution in [0.3, 0.4) is 0 Å². The van der Waals surface area contributed by atoms with Crippen LogP contribution in [0.5, 0.6) is 0 Å². The van der Waals surface area contributed by atoms with E-state index >= 15 is 0 Å². The maximum atomic E-state index is 12.8. The Hall–Kier alpha value is -2.25. The maximum Gasteiger partial charge on any atom is 0.435 e. The number of carbonyl (C=O) groups excluding carboxylic acids is 1. The molecular weight excluding hydrogens is 311 g/mol. The molecular formula is C15H16F3N3O2. The summed E-state index contributed by atoms with van der Waals surface area (Å²) in [7, 11) is 0. The molecule has 2 heterocycles. The number of furan rings is 1. The van der Waals surface area contributed by atoms with Crippen molar-refractivity contribution in [2.75, 3.05) is 6.54 Å². The summed E-state index contributed by atoms with van der Waals surface area (Å²) in [6, 6.07) is 4.29. The molecule has 23 heavy (non-hydrogen) atoms. The fourth-order valence-electron chi connectivity index (χ4n) is 2.38. The molecule has 0 radical (unpaired) electrons. The molecule has 0 unspecified atom stereocenters. The van der Waals surface area contributed by atoms with Crippen molar-refractivity contribution in [2.24, 2.45) is 0 Å². The zero-order valence-electron chi connectivity index (χ0n) is 12.3. The highest BCUT2D eigenvalue weighted by atomic mass is 19.4. The van der Waals surface area contributed by atoms with Crippen LogP contribution in [-0.2, 0) is 12.7 Å². The van der Waals surface area contributed by atoms with Gasteiger partial charge in [0, 0.05) is 24.7 Å². The number of nitrogens with one attached hydrogen (secondary N) is 1. The fraction of sp³-hybridized carbons (Fsp3) is 0.467. The molecule has 1 amide bonds. The van der Waals surface area contributed by atoms with Crippen molar-refractivity contribution in [3.8, 4) is 0 Å². The first-order valence-corrected chi connectivity index (χ1v) is 7.42. The van der Waals surface area contributed by atoms with Crippen LogP contribution in [-0.4, -0.2) is 22.2 Å². The lowest BCUT2D eigenvalue weighted by molar-refractivity contribution is -0.141. The molecule has 2 aromatic heterocycles. The van der Waals surface area contributed by atoms with E-state index in [9.17, 15) is 18.0 Å². The predicted molar refractivity (Wildman–Crippen MR) is 74.9 cm³/mol. The molecule has 1 N–H and O–H groups in total. The van der Waals surface area contributed by atoms with Crippen LogP contribution in [0.25, 0.3) is 0 Å². The van der Waals surface area contributed by atoms with Crippen molar-refractivity contribution in [1.29, 1.82) is 0 Å². The molecule has 8 heteroatoms. The van der Waals surface area contributed by atoms with Gasteiger partial charge in [-0.2, -0.15) is 18.3 Å². The molecule has 0 saturated heterocycles. The van der Waals surface area contributed by atoms with Gasteiger partial charge >= 0.3 is 6.18 Å². The summed E-state index contributed by atoms with van der Waals surface area (Å²) in [5.74, 6) is 0.0484. The number of rotatable bonds is 6. The number of amides is 1. The Morgan fingerprint density at radius 2 is 2.22 bits per heavy atom. The SMILES string of the molecule is O=C(NCCCn1nc(C(F)(F)F)cc1C1CC1)c1ccco1. The Morgan fingerprint density at radius 3 is 2.83 bits per heavy atom. The Bertz CT molecular complexity index is 673. The summed E-state index contributed by atoms with van der Waals surface area (Å²) in [5, 5.41) is 6.33. The Labute approximate surface area is 130 Å². The van der Waals surface area contributed by atoms with Gasteiger partial charge in [-0.15, -0.1) is 0 Å². The third-order valence-corrected chi connectivity index (χ3v) is 3.67. The summed E-state index contributed by atoms with van der Waals surface area (Å²) in [6.45, 7) is 0.672. The smallest absolute Gasteiger partial charge is 0.435 e. The van der Waals surface area contributed by atoms with E-state index in [1.807, 2.05) is 0 Å². The summed E-state index contributed by atoms with van der Waals surface area (Å²) >= 11 is 0. The molecule has 1 aliphatic carbocycles. The normalized spacial score (nSPS) is 14.9. The Balaban J connectivity index is 1.55. The van der Waals surface area contributed by atoms with Gasteiger partial charge in [-0.1, -0.05) is 0 Å². The third-order valence-electron chi connectivity index (χ3n) is 3.67. The Kier molecular flexibility index (Phi) is 4.14. The first kappa shape index (κ1) is 15.6. The molecule has 2 aromatic rings. The first-order valence-electron chi connectivity index (χ1n) is 7.42. The van der Waals surface area contributed by atoms with Gasteiger partial charge in [0.15, 0.2) is 11.5 Å². The van der Waals surface area contributed by atoms with E-state index < -0.39 is 11.9 Å². The van der Waals surface area contributed by atoms with E-state index in [2.05, 4.69) is 10.4 Å². The number of halogens is 3. The van der Waals surface area contributed by atoms with Crippen molar-refractivity contribution in [1.82, 2.24) is 15.1 Å². The number of hydrogen-bond donors (Lipinski definition) is 1. The van der Waals surface area contributed by atoms with Gasteiger partial charge in [-0.05, 0) is 37.5 Å². The van der Waals surface area contributed by atoms with Gasteiger partial charge in [0.1, 0.15) is 0 Å². The van der Waals surface area contributed by atoms with Crippen LogP contribution in [0.1, 0.15) is 47.1 Å². The van der Waals surface area contributed by atoms with Crippen LogP contribution < -0.4 is 5.32 Å². The molecule has 5 nitrogen and oxygen atoms in total. The zero-order valence-corrected chi connectivity index (χ0v) is 12.3. The van der Waals surface area contributed by atoms with Crippen LogP contribution in [0.4, 0.5) is 13.2 Å². The zero-order chi connectivity index (χ0) is 16.4. The fourth-order valence-corrected chi connectivity index (χ4v) is 2.38. The number of nitrogens with zero attached hydrogens (tertiary/aromatic N) is 2. The van der Waals surface area contributed by atoms with Gasteiger partial charge in [0.05, 0.1) is 6.26 Å². The van der Waals surface area contributed by atoms with E-state index in [0.29, 0.717) is 25.2 Å². The van der Waals surface area contributed by atoms with E-state index in [0.717, 1.165) is 18.9 Å². The van der Waals surface area contributed by atoms with Crippen LogP contribution >= 0.6 is 0 Å². The summed E-state index contributed by atoms with van der Waals surface area (Å²) in [6.07, 6.45) is -0.733. The largest absolute Gasteiger partial charge is 0.459 e. The third kappa shape index (κ3) is 3.75. The second-order valence-electron chi connectivity index (χ2n) is 5.54. The van der Waals surface area contributed by atoms with Crippen molar-refractivity contribution < 1.29 is 22.4 Å². The highest BCUT2D eigenvalue weighted by Gasteiger charge is 2.37. The average Bonchev–Trinajstić information content (AvgIpc) is 3.03. The lowest BCUT2D eigenvalue weighted by Crippen LogP contribution is -2.25. The number of hydrogen-bond acceptors (Lipinski definition) is 3. The van der Waals surface area contributed by atoms with E-state index in [1.54, 1.807) is 12.1 Å². The topological polar surface area (TPSA) is 60.1 Å². The van der Waals surface area contributed by atoms with Gasteiger partial charge in [0.2, 0.25) is 0 Å². The second-order valence-corrected chi connectivity index (χ2v) is 5.54. The van der Waals surface area contributed by atoms with E-state index in [1.165, 1.54) is 10.9 Å². The van der Waals surface area contributed by atoms with Crippen LogP contribution in [0.15, 0.2) is 28.9 Å². The summed E-state index contributed by atoms with van der Waals surface area (Å²) in [5.41, 5.74) is -0.214. The number of aryl methyl sites for hydroxylation is 1. The molecule has 0 atom stereocenters. The lowest BCUT2D eigenvalue weighted by atomic mass is 10.2. The minimum absolute atomic E-state index is 0.177. The number of aromatic nitrogens is 2. The summed E-state index contributed by atoms with van der Waals surface area (Å²) in [4.78, 5) is 11.7. The van der Waals surface area contributed by atoms with Crippen molar-refractivity contribution in [3.05, 3.63) is 41.6 Å². The second kappa shape index (κ2) is 6.10. The van der Waals surface area contributed by atoms with Crippen molar-refractivity contribution >= 4 is 5.91 Å². The maximum absolute atomic E-state index is 12.8. The molecule has 0 aromatic carbocycles. The molecule has 1 fully saturated rings. The number of alkyl halides is 3. The monoisotopic (exact) mass is 327 g/mol. The molecule has 0 bridgehead atoms. The molecule has 3 rings (SSSR count). The molecule has 0 aliphatic heterocycles. The van der Waals surface area contributed by atoms with Crippen molar-refractivity contribution in [3.63, 3.8) is 0 Å². The predicted octanol–water partition coefficient (Wildman–Crippen LogP) is 3.19. The minimum atomic E-state index is -4.43. The minimum Gasteiger partial charge on any atom is -0.459 e. The van der Waals surface area contributed by atoms with E-state index in [4.69, 9.17) is 4.42 Å². The van der Waals surface area contributed by atoms with Gasteiger partial charge in [-0.25, -0.2) is 0 Å². The average molecular weight is 327 g/mol. The van der Waals surface area contributed by atoms with Gasteiger partial charge in [0.25, 0.3) is 5.91 Å². The van der Waals surface area contributed by atoms with Crippen LogP contribution in [0.2, 0.25) is 0 Å². The molecule has 1 aliphatic rings. The molecule has 124 valence electrons. The van der Waals surface area contributed by atoms with Gasteiger partial charge < -0.3 is 9.73 Å². The molecule has 0 spiro atoms. The summed E-state index contributed by atoms with van der Waals surface area (Å²) < 4.78 is 44.7. The lowest BCUT2D eigenvalue weighted by Gasteiger charge is -2.07. The van der Waals surface area contributed by atoms with Gasteiger partial charge in [-0.3, -0.25) is 9.48 Å². The highest BCUT2D eigenvalue weighted by Crippen LogP contribution is 2.42. The van der Waals surface area contributed by atoms with Crippen molar-refractivity contribution in [2.45, 2.75) is 37.9 Å². The quantitative estimate of drug-likeness (QED) is 0.829.